The SMILES string of the molecule is CCN(C(=O)c1ccc(-c2ccc(C(=O)OC)cc2O)cc1)[C@@H](C)C(N)=O. The van der Waals surface area contributed by atoms with E-state index in [1.807, 2.05) is 0 Å². The number of hydrogen-bond donors (Lipinski definition) is 2. The van der Waals surface area contributed by atoms with Crippen LogP contribution in [0.25, 0.3) is 11.1 Å². The van der Waals surface area contributed by atoms with Gasteiger partial charge in [0.2, 0.25) is 5.91 Å². The van der Waals surface area contributed by atoms with Crippen molar-refractivity contribution in [3.05, 3.63) is 53.6 Å². The number of phenolic OH excluding ortho intramolecular Hbond substituents is 1. The number of carbonyl (C=O) groups is 3. The number of aromatic hydroxyl groups is 1. The molecule has 27 heavy (non-hydrogen) atoms. The zero-order valence-electron chi connectivity index (χ0n) is 15.4. The van der Waals surface area contributed by atoms with Crippen LogP contribution in [-0.4, -0.2) is 47.5 Å². The molecule has 2 aromatic rings. The van der Waals surface area contributed by atoms with Crippen molar-refractivity contribution < 1.29 is 24.2 Å². The molecular formula is C20H22N2O5. The standard InChI is InChI=1S/C20H22N2O5/c1-4-22(12(2)18(21)24)19(25)14-7-5-13(6-8-14)16-10-9-15(11-17(16)23)20(26)27-3/h5-12,23H,4H2,1-3H3,(H2,21,24)/t12-/m0/s1. The molecule has 7 heteroatoms. The lowest BCUT2D eigenvalue weighted by Crippen LogP contribution is -2.46. The highest BCUT2D eigenvalue weighted by Gasteiger charge is 2.23. The van der Waals surface area contributed by atoms with Gasteiger partial charge >= 0.3 is 5.97 Å². The number of rotatable bonds is 6. The van der Waals surface area contributed by atoms with Gasteiger partial charge in [0, 0.05) is 17.7 Å². The molecule has 3 N–H and O–H groups in total. The van der Waals surface area contributed by atoms with E-state index in [4.69, 9.17) is 5.73 Å². The Morgan fingerprint density at radius 2 is 1.70 bits per heavy atom. The normalized spacial score (nSPS) is 11.5. The Bertz CT molecular complexity index is 861. The fourth-order valence-corrected chi connectivity index (χ4v) is 2.73. The van der Waals surface area contributed by atoms with E-state index in [0.717, 1.165) is 0 Å². The van der Waals surface area contributed by atoms with Gasteiger partial charge in [0.15, 0.2) is 0 Å². The molecule has 0 aliphatic carbocycles. The average molecular weight is 370 g/mol. The summed E-state index contributed by atoms with van der Waals surface area (Å²) < 4.78 is 4.62. The van der Waals surface area contributed by atoms with E-state index in [0.29, 0.717) is 23.2 Å². The van der Waals surface area contributed by atoms with Crippen LogP contribution in [0.1, 0.15) is 34.6 Å². The Hall–Kier alpha value is -3.35. The van der Waals surface area contributed by atoms with Crippen LogP contribution in [0.2, 0.25) is 0 Å². The molecule has 142 valence electrons. The van der Waals surface area contributed by atoms with Gasteiger partial charge in [-0.2, -0.15) is 0 Å². The minimum absolute atomic E-state index is 0.0745. The molecule has 0 aliphatic heterocycles. The summed E-state index contributed by atoms with van der Waals surface area (Å²) in [4.78, 5) is 36.9. The quantitative estimate of drug-likeness (QED) is 0.758. The summed E-state index contributed by atoms with van der Waals surface area (Å²) in [5, 5.41) is 10.2. The molecule has 0 heterocycles. The van der Waals surface area contributed by atoms with Crippen LogP contribution in [0, 0.1) is 0 Å². The second-order valence-electron chi connectivity index (χ2n) is 5.97. The maximum atomic E-state index is 12.6. The van der Waals surface area contributed by atoms with Crippen molar-refractivity contribution >= 4 is 17.8 Å². The lowest BCUT2D eigenvalue weighted by molar-refractivity contribution is -0.121. The molecule has 0 aliphatic rings. The molecule has 0 saturated carbocycles. The fraction of sp³-hybridized carbons (Fsp3) is 0.250. The van der Waals surface area contributed by atoms with Gasteiger partial charge in [0.25, 0.3) is 5.91 Å². The van der Waals surface area contributed by atoms with E-state index in [-0.39, 0.29) is 17.2 Å². The molecule has 0 bridgehead atoms. The molecule has 7 nitrogen and oxygen atoms in total. The third-order valence-electron chi connectivity index (χ3n) is 4.34. The van der Waals surface area contributed by atoms with Crippen molar-refractivity contribution in [1.29, 1.82) is 0 Å². The maximum Gasteiger partial charge on any atom is 0.337 e. The molecule has 2 amide bonds. The number of amides is 2. The predicted octanol–water partition coefficient (Wildman–Crippen LogP) is 2.18. The Balaban J connectivity index is 2.28. The topological polar surface area (TPSA) is 110 Å². The summed E-state index contributed by atoms with van der Waals surface area (Å²) in [6.07, 6.45) is 0. The molecule has 0 aromatic heterocycles. The van der Waals surface area contributed by atoms with Gasteiger partial charge in [-0.15, -0.1) is 0 Å². The van der Waals surface area contributed by atoms with Crippen molar-refractivity contribution in [1.82, 2.24) is 4.90 Å². The summed E-state index contributed by atoms with van der Waals surface area (Å²) in [6, 6.07) is 10.4. The molecular weight excluding hydrogens is 348 g/mol. The maximum absolute atomic E-state index is 12.6. The highest BCUT2D eigenvalue weighted by atomic mass is 16.5. The summed E-state index contributed by atoms with van der Waals surface area (Å²) in [5.74, 6) is -1.49. The second kappa shape index (κ2) is 8.35. The van der Waals surface area contributed by atoms with E-state index >= 15 is 0 Å². The lowest BCUT2D eigenvalue weighted by Gasteiger charge is -2.25. The smallest absolute Gasteiger partial charge is 0.337 e. The molecule has 0 spiro atoms. The van der Waals surface area contributed by atoms with Gasteiger partial charge in [-0.25, -0.2) is 4.79 Å². The van der Waals surface area contributed by atoms with Crippen LogP contribution in [0.3, 0.4) is 0 Å². The van der Waals surface area contributed by atoms with Gasteiger partial charge in [-0.1, -0.05) is 12.1 Å². The van der Waals surface area contributed by atoms with Crippen LogP contribution >= 0.6 is 0 Å². The molecule has 2 aromatic carbocycles. The van der Waals surface area contributed by atoms with Crippen molar-refractivity contribution in [2.75, 3.05) is 13.7 Å². The van der Waals surface area contributed by atoms with Gasteiger partial charge in [-0.05, 0) is 49.7 Å². The molecule has 0 radical (unpaired) electrons. The first-order chi connectivity index (χ1) is 12.8. The van der Waals surface area contributed by atoms with Crippen LogP contribution in [-0.2, 0) is 9.53 Å². The number of nitrogens with zero attached hydrogens (tertiary/aromatic N) is 1. The number of ether oxygens (including phenoxy) is 1. The summed E-state index contributed by atoms with van der Waals surface area (Å²) >= 11 is 0. The molecule has 1 atom stereocenters. The van der Waals surface area contributed by atoms with E-state index in [9.17, 15) is 19.5 Å². The zero-order chi connectivity index (χ0) is 20.1. The Kier molecular flexibility index (Phi) is 6.18. The monoisotopic (exact) mass is 370 g/mol. The van der Waals surface area contributed by atoms with Crippen LogP contribution in [0.4, 0.5) is 0 Å². The molecule has 0 unspecified atom stereocenters. The minimum Gasteiger partial charge on any atom is -0.507 e. The van der Waals surface area contributed by atoms with Crippen molar-refractivity contribution in [2.24, 2.45) is 5.73 Å². The van der Waals surface area contributed by atoms with E-state index < -0.39 is 17.9 Å². The van der Waals surface area contributed by atoms with Crippen molar-refractivity contribution in [2.45, 2.75) is 19.9 Å². The average Bonchev–Trinajstić information content (AvgIpc) is 2.67. The third kappa shape index (κ3) is 4.25. The number of carbonyl (C=O) groups excluding carboxylic acids is 3. The third-order valence-corrected chi connectivity index (χ3v) is 4.34. The largest absolute Gasteiger partial charge is 0.507 e. The van der Waals surface area contributed by atoms with Gasteiger partial charge in [-0.3, -0.25) is 9.59 Å². The Morgan fingerprint density at radius 3 is 2.19 bits per heavy atom. The lowest BCUT2D eigenvalue weighted by atomic mass is 10.0. The van der Waals surface area contributed by atoms with Crippen molar-refractivity contribution in [3.8, 4) is 16.9 Å². The highest BCUT2D eigenvalue weighted by Crippen LogP contribution is 2.30. The fourth-order valence-electron chi connectivity index (χ4n) is 2.73. The second-order valence-corrected chi connectivity index (χ2v) is 5.97. The van der Waals surface area contributed by atoms with Crippen LogP contribution in [0.15, 0.2) is 42.5 Å². The Morgan fingerprint density at radius 1 is 1.11 bits per heavy atom. The Labute approximate surface area is 157 Å². The number of benzene rings is 2. The summed E-state index contributed by atoms with van der Waals surface area (Å²) in [6.45, 7) is 3.70. The van der Waals surface area contributed by atoms with Crippen LogP contribution in [0.5, 0.6) is 5.75 Å². The van der Waals surface area contributed by atoms with Crippen LogP contribution < -0.4 is 5.73 Å². The number of likely N-dealkylation sites (N-methyl/N-ethyl adjacent to an activating group) is 1. The zero-order valence-corrected chi connectivity index (χ0v) is 15.4. The summed E-state index contributed by atoms with van der Waals surface area (Å²) in [7, 11) is 1.27. The number of nitrogens with two attached hydrogens (primary N) is 1. The van der Waals surface area contributed by atoms with E-state index in [1.165, 1.54) is 18.1 Å². The number of hydrogen-bond acceptors (Lipinski definition) is 5. The number of primary amides is 1. The molecule has 2 rings (SSSR count). The predicted molar refractivity (Wildman–Crippen MR) is 100 cm³/mol. The molecule has 0 saturated heterocycles. The highest BCUT2D eigenvalue weighted by molar-refractivity contribution is 5.97. The van der Waals surface area contributed by atoms with E-state index in [2.05, 4.69) is 4.74 Å². The first kappa shape index (κ1) is 20.0. The first-order valence-electron chi connectivity index (χ1n) is 8.42. The van der Waals surface area contributed by atoms with Gasteiger partial charge in [0.05, 0.1) is 12.7 Å². The summed E-state index contributed by atoms with van der Waals surface area (Å²) in [5.41, 5.74) is 7.12. The minimum atomic E-state index is -0.711. The van der Waals surface area contributed by atoms with E-state index in [1.54, 1.807) is 50.2 Å². The number of phenols is 1. The molecule has 0 fully saturated rings. The van der Waals surface area contributed by atoms with Crippen molar-refractivity contribution in [3.63, 3.8) is 0 Å². The van der Waals surface area contributed by atoms with Gasteiger partial charge in [0.1, 0.15) is 11.8 Å². The number of esters is 1. The number of methoxy groups -OCH3 is 1. The van der Waals surface area contributed by atoms with Gasteiger partial charge < -0.3 is 20.5 Å². The first-order valence-corrected chi connectivity index (χ1v) is 8.42.